The van der Waals surface area contributed by atoms with Gasteiger partial charge in [0, 0.05) is 19.1 Å². The van der Waals surface area contributed by atoms with E-state index >= 15 is 0 Å². The first-order valence-electron chi connectivity index (χ1n) is 8.49. The van der Waals surface area contributed by atoms with Crippen LogP contribution in [0.25, 0.3) is 0 Å². The number of nitrogens with zero attached hydrogens (tertiary/aromatic N) is 1. The summed E-state index contributed by atoms with van der Waals surface area (Å²) in [7, 11) is 1.60. The van der Waals surface area contributed by atoms with Gasteiger partial charge in [0.2, 0.25) is 0 Å². The molecule has 1 amide bonds. The number of nitrogens with two attached hydrogens (primary N) is 1. The molecule has 1 unspecified atom stereocenters. The highest BCUT2D eigenvalue weighted by Crippen LogP contribution is 2.28. The van der Waals surface area contributed by atoms with Crippen LogP contribution in [-0.4, -0.2) is 43.7 Å². The summed E-state index contributed by atoms with van der Waals surface area (Å²) in [4.78, 5) is 14.2. The van der Waals surface area contributed by atoms with Crippen molar-refractivity contribution in [3.05, 3.63) is 36.4 Å². The SMILES string of the molecule is C=CCc1ccc(OCC(=O)N2CCC(C(C)N)CC2)c(OC)c1. The molecule has 1 aromatic carbocycles. The Hall–Kier alpha value is -2.01. The monoisotopic (exact) mass is 332 g/mol. The van der Waals surface area contributed by atoms with Gasteiger partial charge in [0.05, 0.1) is 7.11 Å². The Balaban J connectivity index is 1.89. The Morgan fingerprint density at radius 2 is 2.12 bits per heavy atom. The van der Waals surface area contributed by atoms with Crippen molar-refractivity contribution in [1.82, 2.24) is 4.90 Å². The maximum absolute atomic E-state index is 12.3. The molecule has 24 heavy (non-hydrogen) atoms. The van der Waals surface area contributed by atoms with E-state index in [4.69, 9.17) is 15.2 Å². The summed E-state index contributed by atoms with van der Waals surface area (Å²) in [6, 6.07) is 5.90. The normalized spacial score (nSPS) is 16.5. The lowest BCUT2D eigenvalue weighted by Gasteiger charge is -2.33. The molecule has 0 aliphatic carbocycles. The number of likely N-dealkylation sites (tertiary alicyclic amines) is 1. The summed E-state index contributed by atoms with van der Waals surface area (Å²) < 4.78 is 11.0. The average molecular weight is 332 g/mol. The number of ether oxygens (including phenoxy) is 2. The van der Waals surface area contributed by atoms with Crippen LogP contribution in [0.2, 0.25) is 0 Å². The second kappa shape index (κ2) is 8.73. The van der Waals surface area contributed by atoms with Gasteiger partial charge >= 0.3 is 0 Å². The van der Waals surface area contributed by atoms with E-state index in [1.54, 1.807) is 7.11 Å². The van der Waals surface area contributed by atoms with E-state index in [2.05, 4.69) is 6.58 Å². The lowest BCUT2D eigenvalue weighted by Crippen LogP contribution is -2.44. The fraction of sp³-hybridized carbons (Fsp3) is 0.526. The Bertz CT molecular complexity index is 564. The fourth-order valence-electron chi connectivity index (χ4n) is 3.03. The van der Waals surface area contributed by atoms with E-state index in [0.717, 1.165) is 37.9 Å². The van der Waals surface area contributed by atoms with Gasteiger partial charge in [-0.3, -0.25) is 4.79 Å². The van der Waals surface area contributed by atoms with Crippen molar-refractivity contribution in [2.75, 3.05) is 26.8 Å². The van der Waals surface area contributed by atoms with Crippen molar-refractivity contribution >= 4 is 5.91 Å². The van der Waals surface area contributed by atoms with E-state index in [1.807, 2.05) is 36.1 Å². The number of piperidine rings is 1. The number of amides is 1. The molecule has 2 rings (SSSR count). The van der Waals surface area contributed by atoms with Gasteiger partial charge in [-0.05, 0) is 49.8 Å². The number of methoxy groups -OCH3 is 1. The number of benzene rings is 1. The largest absolute Gasteiger partial charge is 0.493 e. The summed E-state index contributed by atoms with van der Waals surface area (Å²) >= 11 is 0. The number of allylic oxidation sites excluding steroid dienone is 1. The Labute approximate surface area is 144 Å². The first kappa shape index (κ1) is 18.3. The minimum Gasteiger partial charge on any atom is -0.493 e. The molecule has 5 heteroatoms. The third kappa shape index (κ3) is 4.74. The maximum Gasteiger partial charge on any atom is 0.260 e. The van der Waals surface area contributed by atoms with Crippen molar-refractivity contribution in [2.24, 2.45) is 11.7 Å². The highest BCUT2D eigenvalue weighted by Gasteiger charge is 2.25. The standard InChI is InChI=1S/C19H28N2O3/c1-4-5-15-6-7-17(18(12-15)23-3)24-13-19(22)21-10-8-16(9-11-21)14(2)20/h4,6-7,12,14,16H,1,5,8-11,13,20H2,2-3H3. The van der Waals surface area contributed by atoms with Crippen molar-refractivity contribution in [2.45, 2.75) is 32.2 Å². The first-order chi connectivity index (χ1) is 11.5. The smallest absolute Gasteiger partial charge is 0.260 e. The molecule has 0 saturated carbocycles. The van der Waals surface area contributed by atoms with Crippen LogP contribution in [0, 0.1) is 5.92 Å². The van der Waals surface area contributed by atoms with E-state index < -0.39 is 0 Å². The summed E-state index contributed by atoms with van der Waals surface area (Å²) in [5.74, 6) is 1.74. The number of rotatable bonds is 7. The van der Waals surface area contributed by atoms with Gasteiger partial charge in [0.1, 0.15) is 0 Å². The Morgan fingerprint density at radius 1 is 1.42 bits per heavy atom. The van der Waals surface area contributed by atoms with Gasteiger partial charge in [-0.25, -0.2) is 0 Å². The maximum atomic E-state index is 12.3. The van der Waals surface area contributed by atoms with Gasteiger partial charge in [0.15, 0.2) is 18.1 Å². The topological polar surface area (TPSA) is 64.8 Å². The molecule has 1 atom stereocenters. The van der Waals surface area contributed by atoms with Crippen LogP contribution in [0.3, 0.4) is 0 Å². The van der Waals surface area contributed by atoms with Crippen LogP contribution in [-0.2, 0) is 11.2 Å². The van der Waals surface area contributed by atoms with Gasteiger partial charge in [-0.1, -0.05) is 12.1 Å². The molecule has 132 valence electrons. The van der Waals surface area contributed by atoms with Crippen LogP contribution in [0.15, 0.2) is 30.9 Å². The molecule has 1 aliphatic heterocycles. The van der Waals surface area contributed by atoms with Gasteiger partial charge < -0.3 is 20.1 Å². The molecular formula is C19H28N2O3. The van der Waals surface area contributed by atoms with E-state index in [0.29, 0.717) is 17.4 Å². The summed E-state index contributed by atoms with van der Waals surface area (Å²) in [6.45, 7) is 7.30. The molecule has 2 N–H and O–H groups in total. The lowest BCUT2D eigenvalue weighted by atomic mass is 9.91. The van der Waals surface area contributed by atoms with Gasteiger partial charge in [-0.15, -0.1) is 6.58 Å². The zero-order chi connectivity index (χ0) is 17.5. The third-order valence-electron chi connectivity index (χ3n) is 4.60. The van der Waals surface area contributed by atoms with Crippen LogP contribution in [0.1, 0.15) is 25.3 Å². The second-order valence-corrected chi connectivity index (χ2v) is 6.34. The zero-order valence-electron chi connectivity index (χ0n) is 14.7. The molecule has 0 aromatic heterocycles. The minimum atomic E-state index is 0.00958. The number of hydrogen-bond acceptors (Lipinski definition) is 4. The van der Waals surface area contributed by atoms with Crippen molar-refractivity contribution < 1.29 is 14.3 Å². The van der Waals surface area contributed by atoms with Crippen molar-refractivity contribution in [3.63, 3.8) is 0 Å². The minimum absolute atomic E-state index is 0.00958. The number of carbonyl (C=O) groups is 1. The van der Waals surface area contributed by atoms with E-state index in [1.165, 1.54) is 0 Å². The highest BCUT2D eigenvalue weighted by atomic mass is 16.5. The predicted octanol–water partition coefficient (Wildman–Crippen LogP) is 2.39. The zero-order valence-corrected chi connectivity index (χ0v) is 14.7. The highest BCUT2D eigenvalue weighted by molar-refractivity contribution is 5.78. The Morgan fingerprint density at radius 3 is 2.71 bits per heavy atom. The molecule has 0 bridgehead atoms. The lowest BCUT2D eigenvalue weighted by molar-refractivity contribution is -0.134. The Kier molecular flexibility index (Phi) is 6.67. The van der Waals surface area contributed by atoms with Crippen molar-refractivity contribution in [1.29, 1.82) is 0 Å². The quantitative estimate of drug-likeness (QED) is 0.779. The molecule has 5 nitrogen and oxygen atoms in total. The van der Waals surface area contributed by atoms with Gasteiger partial charge in [-0.2, -0.15) is 0 Å². The molecule has 0 spiro atoms. The van der Waals surface area contributed by atoms with Crippen LogP contribution >= 0.6 is 0 Å². The van der Waals surface area contributed by atoms with E-state index in [-0.39, 0.29) is 18.6 Å². The molecule has 1 saturated heterocycles. The number of carbonyl (C=O) groups excluding carboxylic acids is 1. The molecule has 1 fully saturated rings. The average Bonchev–Trinajstić information content (AvgIpc) is 2.60. The van der Waals surface area contributed by atoms with Gasteiger partial charge in [0.25, 0.3) is 5.91 Å². The molecule has 0 radical (unpaired) electrons. The summed E-state index contributed by atoms with van der Waals surface area (Å²) in [5, 5.41) is 0. The number of hydrogen-bond donors (Lipinski definition) is 1. The molecular weight excluding hydrogens is 304 g/mol. The van der Waals surface area contributed by atoms with Crippen LogP contribution in [0.5, 0.6) is 11.5 Å². The van der Waals surface area contributed by atoms with Crippen LogP contribution < -0.4 is 15.2 Å². The molecule has 1 aliphatic rings. The third-order valence-corrected chi connectivity index (χ3v) is 4.60. The van der Waals surface area contributed by atoms with Crippen molar-refractivity contribution in [3.8, 4) is 11.5 Å². The molecule has 1 aromatic rings. The van der Waals surface area contributed by atoms with E-state index in [9.17, 15) is 4.79 Å². The second-order valence-electron chi connectivity index (χ2n) is 6.34. The summed E-state index contributed by atoms with van der Waals surface area (Å²) in [6.07, 6.45) is 4.53. The molecule has 1 heterocycles. The first-order valence-corrected chi connectivity index (χ1v) is 8.49. The van der Waals surface area contributed by atoms with Crippen LogP contribution in [0.4, 0.5) is 0 Å². The predicted molar refractivity (Wildman–Crippen MR) is 95.3 cm³/mol. The summed E-state index contributed by atoms with van der Waals surface area (Å²) in [5.41, 5.74) is 7.04. The fourth-order valence-corrected chi connectivity index (χ4v) is 3.03.